The van der Waals surface area contributed by atoms with Crippen molar-refractivity contribution in [1.82, 2.24) is 10.6 Å². The van der Waals surface area contributed by atoms with Gasteiger partial charge in [0.2, 0.25) is 11.8 Å². The molecule has 2 aromatic carbocycles. The molecule has 0 aliphatic heterocycles. The van der Waals surface area contributed by atoms with Crippen LogP contribution < -0.4 is 20.1 Å². The van der Waals surface area contributed by atoms with E-state index in [9.17, 15) is 19.2 Å². The van der Waals surface area contributed by atoms with E-state index in [-0.39, 0.29) is 23.8 Å². The van der Waals surface area contributed by atoms with Crippen molar-refractivity contribution in [3.8, 4) is 11.5 Å². The number of hydrogen-bond acceptors (Lipinski definition) is 8. The fourth-order valence-electron chi connectivity index (χ4n) is 15.2. The first-order valence-corrected chi connectivity index (χ1v) is 44.4. The summed E-state index contributed by atoms with van der Waals surface area (Å²) in [5.74, 6) is 5.43. The Morgan fingerprint density at radius 2 is 0.461 bits per heavy atom. The highest BCUT2D eigenvalue weighted by atomic mass is 16.6. The summed E-state index contributed by atoms with van der Waals surface area (Å²) in [5, 5.41) is 5.85. The average molecular weight is 1430 g/mol. The van der Waals surface area contributed by atoms with Crippen molar-refractivity contribution < 1.29 is 38.1 Å². The highest BCUT2D eigenvalue weighted by Crippen LogP contribution is 2.36. The molecule has 592 valence electrons. The first kappa shape index (κ1) is 95.9. The second kappa shape index (κ2) is 76.6. The third-order valence-corrected chi connectivity index (χ3v) is 21.4. The second-order valence-corrected chi connectivity index (χ2v) is 30.6. The van der Waals surface area contributed by atoms with E-state index < -0.39 is 0 Å². The predicted molar refractivity (Wildman–Crippen MR) is 437 cm³/mol. The first-order chi connectivity index (χ1) is 50.2. The number of hydrogen-bond donors (Lipinski definition) is 2. The SMILES string of the molecule is CCCCCCCCC(CCCCCCCCC(=O)NCC)C(CCCCCCCC)CCCCCCCCC(=O)OCCOc1ccccc1.CCCCCCCCC(CCCCCCCCC(=O)NCC)C(CCCCCCCC)CCCCCCCCC(=O)OCCOc1ccccc1. The lowest BCUT2D eigenvalue weighted by atomic mass is 9.78. The summed E-state index contributed by atoms with van der Waals surface area (Å²) in [4.78, 5) is 47.7. The molecular weight excluding hydrogens is 1260 g/mol. The fraction of sp³-hybridized carbons (Fsp3) is 0.826. The van der Waals surface area contributed by atoms with Gasteiger partial charge in [0.05, 0.1) is 0 Å². The standard InChI is InChI=1S/2C46H83NO4/c2*1-4-7-9-11-17-24-32-42(34-26-19-13-15-21-30-38-45(48)47-6-3)43(33-25-18-12-10-8-5-2)35-27-20-14-16-22-31-39-46(49)51-41-40-50-44-36-28-23-29-37-44/h2*23,28-29,36-37,42-43H,4-22,24-27,30-35,38-41H2,1-3H3,(H,47,48). The molecule has 2 N–H and O–H groups in total. The highest BCUT2D eigenvalue weighted by Gasteiger charge is 2.23. The molecule has 4 unspecified atom stereocenters. The normalized spacial score (nSPS) is 12.5. The van der Waals surface area contributed by atoms with Crippen molar-refractivity contribution >= 4 is 23.8 Å². The van der Waals surface area contributed by atoms with E-state index in [2.05, 4.69) is 38.3 Å². The minimum absolute atomic E-state index is 0.1000. The van der Waals surface area contributed by atoms with Gasteiger partial charge in [0.25, 0.3) is 0 Å². The van der Waals surface area contributed by atoms with E-state index in [1.54, 1.807) is 0 Å². The number of carbonyl (C=O) groups is 4. The number of ether oxygens (including phenoxy) is 4. The van der Waals surface area contributed by atoms with Crippen LogP contribution in [0.25, 0.3) is 0 Å². The number of unbranched alkanes of at least 4 members (excludes halogenated alkanes) is 40. The molecule has 0 fully saturated rings. The number of benzene rings is 2. The van der Waals surface area contributed by atoms with Gasteiger partial charge in [-0.2, -0.15) is 0 Å². The number of amides is 2. The molecule has 0 aliphatic carbocycles. The van der Waals surface area contributed by atoms with Gasteiger partial charge in [-0.3, -0.25) is 19.2 Å². The van der Waals surface area contributed by atoms with Crippen LogP contribution in [0.4, 0.5) is 0 Å². The number of rotatable bonds is 76. The van der Waals surface area contributed by atoms with Crippen molar-refractivity contribution in [3.05, 3.63) is 60.7 Å². The minimum Gasteiger partial charge on any atom is -0.490 e. The number of para-hydroxylation sites is 2. The zero-order valence-corrected chi connectivity index (χ0v) is 68.0. The largest absolute Gasteiger partial charge is 0.490 e. The molecule has 10 heteroatoms. The quantitative estimate of drug-likeness (QED) is 0.0495. The van der Waals surface area contributed by atoms with Crippen LogP contribution in [0, 0.1) is 23.7 Å². The zero-order chi connectivity index (χ0) is 73.8. The van der Waals surface area contributed by atoms with Gasteiger partial charge in [-0.25, -0.2) is 0 Å². The zero-order valence-electron chi connectivity index (χ0n) is 68.0. The third kappa shape index (κ3) is 64.3. The summed E-state index contributed by atoms with van der Waals surface area (Å²) in [7, 11) is 0. The molecule has 0 saturated carbocycles. The molecule has 0 saturated heterocycles. The van der Waals surface area contributed by atoms with E-state index in [1.165, 1.54) is 321 Å². The molecule has 0 radical (unpaired) electrons. The van der Waals surface area contributed by atoms with Crippen LogP contribution in [0.5, 0.6) is 11.5 Å². The molecule has 102 heavy (non-hydrogen) atoms. The van der Waals surface area contributed by atoms with Gasteiger partial charge in [-0.05, 0) is 87.5 Å². The van der Waals surface area contributed by atoms with Gasteiger partial charge < -0.3 is 29.6 Å². The van der Waals surface area contributed by atoms with Gasteiger partial charge in [0, 0.05) is 38.8 Å². The van der Waals surface area contributed by atoms with E-state index in [0.717, 1.165) is 86.8 Å². The Morgan fingerprint density at radius 3 is 0.686 bits per heavy atom. The molecule has 0 heterocycles. The smallest absolute Gasteiger partial charge is 0.305 e. The van der Waals surface area contributed by atoms with Gasteiger partial charge >= 0.3 is 11.9 Å². The molecule has 2 aromatic rings. The molecular formula is C92H166N2O8. The molecule has 0 spiro atoms. The average Bonchev–Trinajstić information content (AvgIpc) is 1.10. The van der Waals surface area contributed by atoms with Crippen molar-refractivity contribution in [3.63, 3.8) is 0 Å². The van der Waals surface area contributed by atoms with Gasteiger partial charge in [-0.1, -0.05) is 398 Å². The molecule has 2 rings (SSSR count). The summed E-state index contributed by atoms with van der Waals surface area (Å²) in [6.07, 6.45) is 76.9. The van der Waals surface area contributed by atoms with Gasteiger partial charge in [0.1, 0.15) is 37.9 Å². The molecule has 10 nitrogen and oxygen atoms in total. The monoisotopic (exact) mass is 1430 g/mol. The van der Waals surface area contributed by atoms with E-state index in [4.69, 9.17) is 18.9 Å². The third-order valence-electron chi connectivity index (χ3n) is 21.4. The second-order valence-electron chi connectivity index (χ2n) is 30.6. The topological polar surface area (TPSA) is 129 Å². The van der Waals surface area contributed by atoms with E-state index >= 15 is 0 Å². The lowest BCUT2D eigenvalue weighted by Crippen LogP contribution is -2.21. The molecule has 0 bridgehead atoms. The van der Waals surface area contributed by atoms with Crippen LogP contribution in [0.15, 0.2) is 60.7 Å². The minimum atomic E-state index is -0.1000. The maximum atomic E-state index is 12.1. The number of nitrogens with one attached hydrogen (secondary N) is 2. The van der Waals surface area contributed by atoms with Crippen LogP contribution >= 0.6 is 0 Å². The Kier molecular flexibility index (Phi) is 72.0. The Hall–Kier alpha value is -4.08. The Balaban J connectivity index is 0.00000102. The first-order valence-electron chi connectivity index (χ1n) is 44.4. The molecule has 2 amide bonds. The maximum absolute atomic E-state index is 12.1. The van der Waals surface area contributed by atoms with Gasteiger partial charge in [0.15, 0.2) is 0 Å². The molecule has 0 aliphatic rings. The Bertz CT molecular complexity index is 1930. The van der Waals surface area contributed by atoms with Crippen LogP contribution in [0.2, 0.25) is 0 Å². The number of carbonyl (C=O) groups excluding carboxylic acids is 4. The number of esters is 2. The molecule has 0 aromatic heterocycles. The lowest BCUT2D eigenvalue weighted by Gasteiger charge is -2.28. The Labute approximate surface area is 631 Å². The summed E-state index contributed by atoms with van der Waals surface area (Å²) in [6, 6.07) is 19.3. The Morgan fingerprint density at radius 1 is 0.255 bits per heavy atom. The van der Waals surface area contributed by atoms with Crippen LogP contribution in [-0.4, -0.2) is 63.3 Å². The van der Waals surface area contributed by atoms with E-state index in [0.29, 0.717) is 52.1 Å². The molecule has 4 atom stereocenters. The van der Waals surface area contributed by atoms with Crippen molar-refractivity contribution in [2.45, 2.75) is 427 Å². The van der Waals surface area contributed by atoms with Crippen LogP contribution in [0.1, 0.15) is 427 Å². The predicted octanol–water partition coefficient (Wildman–Crippen LogP) is 27.4. The summed E-state index contributed by atoms with van der Waals surface area (Å²) < 4.78 is 22.0. The van der Waals surface area contributed by atoms with Crippen molar-refractivity contribution in [2.75, 3.05) is 39.5 Å². The van der Waals surface area contributed by atoms with Gasteiger partial charge in [-0.15, -0.1) is 0 Å². The van der Waals surface area contributed by atoms with Crippen LogP contribution in [0.3, 0.4) is 0 Å². The lowest BCUT2D eigenvalue weighted by molar-refractivity contribution is -0.145. The van der Waals surface area contributed by atoms with E-state index in [1.807, 2.05) is 74.5 Å². The summed E-state index contributed by atoms with van der Waals surface area (Å²) in [6.45, 7) is 16.2. The van der Waals surface area contributed by atoms with Crippen molar-refractivity contribution in [1.29, 1.82) is 0 Å². The van der Waals surface area contributed by atoms with Crippen LogP contribution in [-0.2, 0) is 28.7 Å². The highest BCUT2D eigenvalue weighted by molar-refractivity contribution is 5.76. The summed E-state index contributed by atoms with van der Waals surface area (Å²) in [5.41, 5.74) is 0. The maximum Gasteiger partial charge on any atom is 0.305 e. The van der Waals surface area contributed by atoms with Crippen molar-refractivity contribution in [2.24, 2.45) is 23.7 Å². The summed E-state index contributed by atoms with van der Waals surface area (Å²) >= 11 is 0. The fourth-order valence-corrected chi connectivity index (χ4v) is 15.2.